The lowest BCUT2D eigenvalue weighted by Gasteiger charge is -2.20. The second-order valence-electron chi connectivity index (χ2n) is 8.59. The number of nitrogens with zero attached hydrogens (tertiary/aromatic N) is 6. The number of hydrogen-bond acceptors (Lipinski definition) is 6. The van der Waals surface area contributed by atoms with Crippen LogP contribution in [-0.2, 0) is 0 Å². The van der Waals surface area contributed by atoms with Gasteiger partial charge in [0.2, 0.25) is 0 Å². The van der Waals surface area contributed by atoms with Crippen molar-refractivity contribution in [1.82, 2.24) is 29.4 Å². The van der Waals surface area contributed by atoms with Gasteiger partial charge in [-0.2, -0.15) is 0 Å². The van der Waals surface area contributed by atoms with E-state index in [1.807, 2.05) is 0 Å². The van der Waals surface area contributed by atoms with Gasteiger partial charge in [0, 0.05) is 78.0 Å². The Morgan fingerprint density at radius 2 is 0.800 bits per heavy atom. The van der Waals surface area contributed by atoms with Crippen LogP contribution >= 0.6 is 0 Å². The lowest BCUT2D eigenvalue weighted by Crippen LogP contribution is -2.26. The van der Waals surface area contributed by atoms with Gasteiger partial charge in [-0.25, -0.2) is 0 Å². The lowest BCUT2D eigenvalue weighted by molar-refractivity contribution is 0.260. The molecule has 30 heavy (non-hydrogen) atoms. The van der Waals surface area contributed by atoms with Gasteiger partial charge < -0.3 is 29.4 Å². The van der Waals surface area contributed by atoms with Gasteiger partial charge in [0.05, 0.1) is 20.0 Å². The fourth-order valence-electron chi connectivity index (χ4n) is 3.30. The van der Waals surface area contributed by atoms with Gasteiger partial charge in [-0.3, -0.25) is 0 Å². The van der Waals surface area contributed by atoms with Crippen LogP contribution in [0.1, 0.15) is 59.3 Å². The van der Waals surface area contributed by atoms with Crippen molar-refractivity contribution in [1.29, 1.82) is 0 Å². The smallest absolute Gasteiger partial charge is 0.0893 e. The van der Waals surface area contributed by atoms with Crippen molar-refractivity contribution < 1.29 is 0 Å². The predicted octanol–water partition coefficient (Wildman–Crippen LogP) is 4.39. The first-order valence-corrected chi connectivity index (χ1v) is 11.9. The second-order valence-corrected chi connectivity index (χ2v) is 8.59. The minimum atomic E-state index is 1.03. The van der Waals surface area contributed by atoms with Gasteiger partial charge in [0.15, 0.2) is 0 Å². The van der Waals surface area contributed by atoms with E-state index in [-0.39, 0.29) is 0 Å². The molecule has 0 aliphatic carbocycles. The average molecular weight is 421 g/mol. The van der Waals surface area contributed by atoms with Gasteiger partial charge in [-0.05, 0) is 19.3 Å². The van der Waals surface area contributed by atoms with Gasteiger partial charge in [0.1, 0.15) is 0 Å². The van der Waals surface area contributed by atoms with Crippen molar-refractivity contribution in [3.63, 3.8) is 0 Å². The maximum atomic E-state index is 2.40. The summed E-state index contributed by atoms with van der Waals surface area (Å²) in [6.45, 7) is 13.6. The summed E-state index contributed by atoms with van der Waals surface area (Å²) in [4.78, 5) is 13.6. The Bertz CT molecular complexity index is 478. The lowest BCUT2D eigenvalue weighted by atomic mass is 10.3. The molecular formula is C24H48N6. The molecule has 0 aromatic carbocycles. The quantitative estimate of drug-likeness (QED) is 0.547. The van der Waals surface area contributed by atoms with E-state index in [1.54, 1.807) is 0 Å². The first-order chi connectivity index (χ1) is 14.5. The van der Waals surface area contributed by atoms with Crippen LogP contribution in [0.4, 0.5) is 0 Å². The Morgan fingerprint density at radius 3 is 1.10 bits per heavy atom. The van der Waals surface area contributed by atoms with E-state index in [2.05, 4.69) is 109 Å². The number of rotatable bonds is 9. The Hall–Kier alpha value is -1.98. The molecule has 174 valence electrons. The zero-order chi connectivity index (χ0) is 22.2. The monoisotopic (exact) mass is 420 g/mol. The van der Waals surface area contributed by atoms with Crippen molar-refractivity contribution >= 4 is 0 Å². The molecule has 6 nitrogen and oxygen atoms in total. The summed E-state index contributed by atoms with van der Waals surface area (Å²) in [5.74, 6) is 0. The molecule has 0 spiro atoms. The van der Waals surface area contributed by atoms with Crippen LogP contribution in [-0.4, -0.2) is 90.2 Å². The first-order valence-electron chi connectivity index (χ1n) is 11.9. The summed E-state index contributed by atoms with van der Waals surface area (Å²) in [6.07, 6.45) is 20.6. The highest BCUT2D eigenvalue weighted by Crippen LogP contribution is 2.08. The molecule has 0 saturated heterocycles. The van der Waals surface area contributed by atoms with Crippen LogP contribution in [0.25, 0.3) is 0 Å². The minimum Gasteiger partial charge on any atom is -0.362 e. The van der Waals surface area contributed by atoms with Crippen LogP contribution in [0.2, 0.25) is 0 Å². The van der Waals surface area contributed by atoms with Gasteiger partial charge >= 0.3 is 0 Å². The molecule has 0 atom stereocenters. The molecular weight excluding hydrogens is 372 g/mol. The maximum Gasteiger partial charge on any atom is 0.0893 e. The van der Waals surface area contributed by atoms with Crippen LogP contribution in [0.5, 0.6) is 0 Å². The Labute approximate surface area is 187 Å². The topological polar surface area (TPSA) is 19.4 Å². The summed E-state index contributed by atoms with van der Waals surface area (Å²) in [5, 5.41) is 0. The Kier molecular flexibility index (Phi) is 13.7. The normalized spacial score (nSPS) is 17.0. The summed E-state index contributed by atoms with van der Waals surface area (Å²) in [6, 6.07) is 0. The number of hydrogen-bond donors (Lipinski definition) is 0. The summed E-state index contributed by atoms with van der Waals surface area (Å²) in [5.41, 5.74) is 0. The summed E-state index contributed by atoms with van der Waals surface area (Å²) >= 11 is 0. The van der Waals surface area contributed by atoms with E-state index in [4.69, 9.17) is 0 Å². The molecule has 0 saturated carbocycles. The highest BCUT2D eigenvalue weighted by molar-refractivity contribution is 4.90. The fraction of sp³-hybridized carbons (Fsp3) is 0.750. The standard InChI is InChI=1S/C11H22N2.C8H16N2.C5H10N2/c1-3-5-7-12-9-10-13(11-12)8-6-4-2;1-3-4-5-10-7-6-9(2)8-10;1-6-3-4-7(2)5-6/h9-10H,3-8,11H2,1-2H3;6-7H,3-5,8H2,1-2H3;3-4H,5H2,1-2H3. The third-order valence-electron chi connectivity index (χ3n) is 5.21. The largest absolute Gasteiger partial charge is 0.362 e. The molecule has 0 N–H and O–H groups in total. The van der Waals surface area contributed by atoms with Crippen LogP contribution in [0.15, 0.2) is 37.2 Å². The molecule has 0 unspecified atom stereocenters. The molecule has 0 fully saturated rings. The highest BCUT2D eigenvalue weighted by atomic mass is 15.3. The average Bonchev–Trinajstić information content (AvgIpc) is 3.46. The van der Waals surface area contributed by atoms with E-state index < -0.39 is 0 Å². The second kappa shape index (κ2) is 15.8. The highest BCUT2D eigenvalue weighted by Gasteiger charge is 2.10. The van der Waals surface area contributed by atoms with E-state index in [0.29, 0.717) is 0 Å². The third kappa shape index (κ3) is 11.9. The molecule has 0 amide bonds. The van der Waals surface area contributed by atoms with Crippen molar-refractivity contribution in [3.8, 4) is 0 Å². The first kappa shape index (κ1) is 26.1. The predicted molar refractivity (Wildman–Crippen MR) is 130 cm³/mol. The molecule has 0 radical (unpaired) electrons. The number of unbranched alkanes of at least 4 members (excludes halogenated alkanes) is 3. The van der Waals surface area contributed by atoms with Crippen molar-refractivity contribution in [2.75, 3.05) is 60.8 Å². The minimum absolute atomic E-state index is 1.03. The van der Waals surface area contributed by atoms with E-state index in [1.165, 1.54) is 58.2 Å². The molecule has 3 rings (SSSR count). The van der Waals surface area contributed by atoms with Crippen molar-refractivity contribution in [2.45, 2.75) is 59.3 Å². The summed E-state index contributed by atoms with van der Waals surface area (Å²) < 4.78 is 0. The fourth-order valence-corrected chi connectivity index (χ4v) is 3.30. The zero-order valence-electron chi connectivity index (χ0n) is 20.6. The maximum absolute atomic E-state index is 2.40. The third-order valence-corrected chi connectivity index (χ3v) is 5.21. The van der Waals surface area contributed by atoms with Crippen LogP contribution < -0.4 is 0 Å². The van der Waals surface area contributed by atoms with Gasteiger partial charge in [0.25, 0.3) is 0 Å². The SMILES string of the molecule is CCCCN1C=CN(C)C1.CCCCN1C=CN(CCCC)C1.CN1C=CN(C)C1. The van der Waals surface area contributed by atoms with E-state index in [0.717, 1.165) is 20.0 Å². The molecule has 0 bridgehead atoms. The van der Waals surface area contributed by atoms with E-state index in [9.17, 15) is 0 Å². The molecule has 6 heteroatoms. The zero-order valence-corrected chi connectivity index (χ0v) is 20.6. The Balaban J connectivity index is 0.000000235. The van der Waals surface area contributed by atoms with Crippen molar-refractivity contribution in [3.05, 3.63) is 37.2 Å². The van der Waals surface area contributed by atoms with Gasteiger partial charge in [-0.1, -0.05) is 40.0 Å². The Morgan fingerprint density at radius 1 is 0.467 bits per heavy atom. The molecule has 3 heterocycles. The van der Waals surface area contributed by atoms with Crippen LogP contribution in [0, 0.1) is 0 Å². The van der Waals surface area contributed by atoms with E-state index >= 15 is 0 Å². The molecule has 0 aromatic rings. The van der Waals surface area contributed by atoms with Crippen molar-refractivity contribution in [2.24, 2.45) is 0 Å². The van der Waals surface area contributed by atoms with Gasteiger partial charge in [-0.15, -0.1) is 0 Å². The van der Waals surface area contributed by atoms with Crippen LogP contribution in [0.3, 0.4) is 0 Å². The molecule has 3 aliphatic heterocycles. The molecule has 0 aromatic heterocycles. The summed E-state index contributed by atoms with van der Waals surface area (Å²) in [7, 11) is 6.21. The molecule has 3 aliphatic rings.